The average molecular weight is 312 g/mol. The zero-order valence-electron chi connectivity index (χ0n) is 11.7. The molecular formula is C14H18ClN3O3. The van der Waals surface area contributed by atoms with Gasteiger partial charge in [-0.05, 0) is 18.2 Å². The summed E-state index contributed by atoms with van der Waals surface area (Å²) in [6.07, 6.45) is 0.317. The topological polar surface area (TPSA) is 79.5 Å². The molecule has 0 radical (unpaired) electrons. The van der Waals surface area contributed by atoms with Crippen LogP contribution in [0.4, 0.5) is 5.69 Å². The summed E-state index contributed by atoms with van der Waals surface area (Å²) in [7, 11) is 1.53. The van der Waals surface area contributed by atoms with Crippen molar-refractivity contribution in [3.8, 4) is 0 Å². The lowest BCUT2D eigenvalue weighted by molar-refractivity contribution is -0.117. The minimum absolute atomic E-state index is 0.0180. The molecule has 1 atom stereocenters. The molecule has 2 rings (SSSR count). The number of carbonyl (C=O) groups excluding carboxylic acids is 2. The highest BCUT2D eigenvalue weighted by Crippen LogP contribution is 2.20. The fraction of sp³-hybridized carbons (Fsp3) is 0.429. The monoisotopic (exact) mass is 311 g/mol. The summed E-state index contributed by atoms with van der Waals surface area (Å²) in [5, 5.41) is 8.82. The van der Waals surface area contributed by atoms with Crippen molar-refractivity contribution in [2.24, 2.45) is 0 Å². The standard InChI is InChI=1S/C14H18ClN3O3/c1-16-14(20)11-6-9(2-3-12(11)15)18-13(19)7-10-8-21-5-4-17-10/h2-3,6,10,17H,4-5,7-8H2,1H3,(H,16,20)(H,18,19). The van der Waals surface area contributed by atoms with Crippen molar-refractivity contribution in [2.75, 3.05) is 32.1 Å². The smallest absolute Gasteiger partial charge is 0.252 e. The number of hydrogen-bond donors (Lipinski definition) is 3. The van der Waals surface area contributed by atoms with Crippen LogP contribution in [-0.4, -0.2) is 44.7 Å². The number of nitrogens with one attached hydrogen (secondary N) is 3. The Morgan fingerprint density at radius 1 is 1.48 bits per heavy atom. The molecule has 2 amide bonds. The van der Waals surface area contributed by atoms with Crippen molar-refractivity contribution in [3.05, 3.63) is 28.8 Å². The first-order valence-electron chi connectivity index (χ1n) is 6.72. The Labute approximate surface area is 128 Å². The fourth-order valence-electron chi connectivity index (χ4n) is 2.10. The maximum atomic E-state index is 12.0. The first-order valence-corrected chi connectivity index (χ1v) is 7.10. The van der Waals surface area contributed by atoms with Crippen molar-refractivity contribution in [1.29, 1.82) is 0 Å². The van der Waals surface area contributed by atoms with Gasteiger partial charge in [0.15, 0.2) is 0 Å². The summed E-state index contributed by atoms with van der Waals surface area (Å²) < 4.78 is 5.30. The first kappa shape index (κ1) is 15.8. The Hall–Kier alpha value is -1.63. The lowest BCUT2D eigenvalue weighted by Gasteiger charge is -2.23. The molecule has 3 N–H and O–H groups in total. The van der Waals surface area contributed by atoms with Gasteiger partial charge in [-0.1, -0.05) is 11.6 Å². The third-order valence-corrected chi connectivity index (χ3v) is 3.48. The highest BCUT2D eigenvalue weighted by atomic mass is 35.5. The maximum absolute atomic E-state index is 12.0. The molecule has 1 aliphatic heterocycles. The van der Waals surface area contributed by atoms with E-state index >= 15 is 0 Å². The van der Waals surface area contributed by atoms with Gasteiger partial charge >= 0.3 is 0 Å². The van der Waals surface area contributed by atoms with Gasteiger partial charge in [0.1, 0.15) is 0 Å². The zero-order valence-corrected chi connectivity index (χ0v) is 12.5. The van der Waals surface area contributed by atoms with Crippen molar-refractivity contribution in [1.82, 2.24) is 10.6 Å². The summed E-state index contributed by atoms with van der Waals surface area (Å²) in [5.74, 6) is -0.429. The van der Waals surface area contributed by atoms with Crippen molar-refractivity contribution in [3.63, 3.8) is 0 Å². The second kappa shape index (κ2) is 7.40. The van der Waals surface area contributed by atoms with Crippen LogP contribution >= 0.6 is 11.6 Å². The fourth-order valence-corrected chi connectivity index (χ4v) is 2.30. The number of halogens is 1. The van der Waals surface area contributed by atoms with E-state index in [0.717, 1.165) is 6.54 Å². The van der Waals surface area contributed by atoms with Crippen LogP contribution in [0.15, 0.2) is 18.2 Å². The highest BCUT2D eigenvalue weighted by Gasteiger charge is 2.17. The van der Waals surface area contributed by atoms with Gasteiger partial charge in [0.05, 0.1) is 23.8 Å². The summed E-state index contributed by atoms with van der Waals surface area (Å²) in [5.41, 5.74) is 0.871. The second-order valence-electron chi connectivity index (χ2n) is 4.75. The molecule has 1 saturated heterocycles. The molecule has 0 saturated carbocycles. The van der Waals surface area contributed by atoms with Crippen LogP contribution < -0.4 is 16.0 Å². The van der Waals surface area contributed by atoms with Crippen molar-refractivity contribution >= 4 is 29.1 Å². The number of morpholine rings is 1. The van der Waals surface area contributed by atoms with Crippen LogP contribution in [0.25, 0.3) is 0 Å². The van der Waals surface area contributed by atoms with Gasteiger partial charge in [-0.15, -0.1) is 0 Å². The van der Waals surface area contributed by atoms with Crippen LogP contribution in [0.1, 0.15) is 16.8 Å². The second-order valence-corrected chi connectivity index (χ2v) is 5.16. The van der Waals surface area contributed by atoms with E-state index in [1.54, 1.807) is 18.2 Å². The lowest BCUT2D eigenvalue weighted by atomic mass is 10.1. The maximum Gasteiger partial charge on any atom is 0.252 e. The molecule has 1 fully saturated rings. The molecule has 1 heterocycles. The van der Waals surface area contributed by atoms with Crippen LogP contribution in [0.5, 0.6) is 0 Å². The summed E-state index contributed by atoms with van der Waals surface area (Å²) in [6.45, 7) is 1.95. The predicted octanol–water partition coefficient (Wildman–Crippen LogP) is 1.02. The molecule has 0 bridgehead atoms. The van der Waals surface area contributed by atoms with Gasteiger partial charge in [0, 0.05) is 31.7 Å². The molecule has 1 aliphatic rings. The van der Waals surface area contributed by atoms with Gasteiger partial charge in [-0.3, -0.25) is 9.59 Å². The normalized spacial score (nSPS) is 18.1. The van der Waals surface area contributed by atoms with E-state index in [2.05, 4.69) is 16.0 Å². The molecule has 7 heteroatoms. The molecule has 114 valence electrons. The van der Waals surface area contributed by atoms with E-state index in [1.165, 1.54) is 7.05 Å². The number of ether oxygens (including phenoxy) is 1. The van der Waals surface area contributed by atoms with Gasteiger partial charge in [-0.2, -0.15) is 0 Å². The predicted molar refractivity (Wildman–Crippen MR) is 80.7 cm³/mol. The van der Waals surface area contributed by atoms with E-state index in [4.69, 9.17) is 16.3 Å². The van der Waals surface area contributed by atoms with Crippen LogP contribution in [0, 0.1) is 0 Å². The average Bonchev–Trinajstić information content (AvgIpc) is 2.49. The van der Waals surface area contributed by atoms with Crippen molar-refractivity contribution in [2.45, 2.75) is 12.5 Å². The number of hydrogen-bond acceptors (Lipinski definition) is 4. The van der Waals surface area contributed by atoms with E-state index in [0.29, 0.717) is 35.9 Å². The summed E-state index contributed by atoms with van der Waals surface area (Å²) in [6, 6.07) is 4.83. The first-order chi connectivity index (χ1) is 10.1. The van der Waals surface area contributed by atoms with Gasteiger partial charge in [0.2, 0.25) is 5.91 Å². The molecule has 1 aromatic carbocycles. The van der Waals surface area contributed by atoms with Gasteiger partial charge in [-0.25, -0.2) is 0 Å². The molecule has 0 spiro atoms. The SMILES string of the molecule is CNC(=O)c1cc(NC(=O)CC2COCCN2)ccc1Cl. The van der Waals surface area contributed by atoms with Crippen LogP contribution in [-0.2, 0) is 9.53 Å². The Bertz CT molecular complexity index is 530. The Morgan fingerprint density at radius 2 is 2.29 bits per heavy atom. The van der Waals surface area contributed by atoms with E-state index in [9.17, 15) is 9.59 Å². The summed E-state index contributed by atoms with van der Waals surface area (Å²) in [4.78, 5) is 23.6. The zero-order chi connectivity index (χ0) is 15.2. The quantitative estimate of drug-likeness (QED) is 0.775. The van der Waals surface area contributed by atoms with Crippen molar-refractivity contribution < 1.29 is 14.3 Å². The Balaban J connectivity index is 1.98. The van der Waals surface area contributed by atoms with Crippen LogP contribution in [0.2, 0.25) is 5.02 Å². The largest absolute Gasteiger partial charge is 0.378 e. The molecule has 1 aromatic rings. The van der Waals surface area contributed by atoms with Gasteiger partial charge < -0.3 is 20.7 Å². The molecule has 1 unspecified atom stereocenters. The lowest BCUT2D eigenvalue weighted by Crippen LogP contribution is -2.43. The minimum Gasteiger partial charge on any atom is -0.378 e. The number of amides is 2. The molecule has 0 aliphatic carbocycles. The highest BCUT2D eigenvalue weighted by molar-refractivity contribution is 6.34. The Morgan fingerprint density at radius 3 is 2.95 bits per heavy atom. The van der Waals surface area contributed by atoms with E-state index < -0.39 is 0 Å². The molecule has 6 nitrogen and oxygen atoms in total. The third kappa shape index (κ3) is 4.42. The third-order valence-electron chi connectivity index (χ3n) is 3.15. The molecular weight excluding hydrogens is 294 g/mol. The molecule has 21 heavy (non-hydrogen) atoms. The number of benzene rings is 1. The number of anilines is 1. The molecule has 0 aromatic heterocycles. The van der Waals surface area contributed by atoms with E-state index in [-0.39, 0.29) is 17.9 Å². The Kier molecular flexibility index (Phi) is 5.55. The minimum atomic E-state index is -0.293. The van der Waals surface area contributed by atoms with Crippen LogP contribution in [0.3, 0.4) is 0 Å². The van der Waals surface area contributed by atoms with E-state index in [1.807, 2.05) is 0 Å². The number of carbonyl (C=O) groups is 2. The number of rotatable bonds is 4. The van der Waals surface area contributed by atoms with Gasteiger partial charge in [0.25, 0.3) is 5.91 Å². The summed E-state index contributed by atoms with van der Waals surface area (Å²) >= 11 is 5.96.